The number of nitrogens with one attached hydrogen (secondary N) is 1. The Hall–Kier alpha value is -2.13. The van der Waals surface area contributed by atoms with E-state index >= 15 is 0 Å². The third-order valence-electron chi connectivity index (χ3n) is 3.29. The van der Waals surface area contributed by atoms with Crippen molar-refractivity contribution in [3.8, 4) is 6.07 Å². The maximum atomic E-state index is 13.5. The van der Waals surface area contributed by atoms with Crippen molar-refractivity contribution in [2.24, 2.45) is 5.92 Å². The lowest BCUT2D eigenvalue weighted by atomic mass is 9.90. The number of nitrogens with zero attached hydrogens (tertiary/aromatic N) is 1. The summed E-state index contributed by atoms with van der Waals surface area (Å²) in [5.74, 6) is -2.67. The standard InChI is InChI=1S/C15H16ClFN2O3/c1-9(2)15(3,8-18)19-12(20)7-22-14(21)13-10(16)5-4-6-11(13)17/h4-6,9H,7H2,1-3H3,(H,19,20)/t15-/m0/s1. The number of ether oxygens (including phenoxy) is 1. The molecule has 0 unspecified atom stereocenters. The first kappa shape index (κ1) is 17.9. The highest BCUT2D eigenvalue weighted by Gasteiger charge is 2.30. The van der Waals surface area contributed by atoms with Gasteiger partial charge in [-0.1, -0.05) is 31.5 Å². The number of nitriles is 1. The summed E-state index contributed by atoms with van der Waals surface area (Å²) in [7, 11) is 0. The number of hydrogen-bond acceptors (Lipinski definition) is 4. The Labute approximate surface area is 133 Å². The summed E-state index contributed by atoms with van der Waals surface area (Å²) in [5.41, 5.74) is -1.51. The van der Waals surface area contributed by atoms with Gasteiger partial charge in [0.15, 0.2) is 6.61 Å². The number of carbonyl (C=O) groups excluding carboxylic acids is 2. The molecule has 1 rings (SSSR count). The highest BCUT2D eigenvalue weighted by atomic mass is 35.5. The van der Waals surface area contributed by atoms with Gasteiger partial charge in [0.25, 0.3) is 5.91 Å². The SMILES string of the molecule is CC(C)[C@](C)(C#N)NC(=O)COC(=O)c1c(F)cccc1Cl. The number of rotatable bonds is 5. The summed E-state index contributed by atoms with van der Waals surface area (Å²) in [4.78, 5) is 23.5. The van der Waals surface area contributed by atoms with Crippen LogP contribution in [0.2, 0.25) is 5.02 Å². The minimum absolute atomic E-state index is 0.102. The van der Waals surface area contributed by atoms with E-state index in [2.05, 4.69) is 5.32 Å². The monoisotopic (exact) mass is 326 g/mol. The van der Waals surface area contributed by atoms with Crippen molar-refractivity contribution < 1.29 is 18.7 Å². The van der Waals surface area contributed by atoms with Crippen molar-refractivity contribution in [1.82, 2.24) is 5.32 Å². The molecule has 1 atom stereocenters. The summed E-state index contributed by atoms with van der Waals surface area (Å²) < 4.78 is 18.3. The van der Waals surface area contributed by atoms with E-state index in [0.717, 1.165) is 6.07 Å². The van der Waals surface area contributed by atoms with Crippen LogP contribution in [0.15, 0.2) is 18.2 Å². The highest BCUT2D eigenvalue weighted by Crippen LogP contribution is 2.20. The zero-order chi connectivity index (χ0) is 16.9. The van der Waals surface area contributed by atoms with Crippen LogP contribution < -0.4 is 5.32 Å². The Kier molecular flexibility index (Phi) is 5.89. The van der Waals surface area contributed by atoms with Gasteiger partial charge in [0.2, 0.25) is 0 Å². The lowest BCUT2D eigenvalue weighted by Gasteiger charge is -2.27. The van der Waals surface area contributed by atoms with E-state index in [9.17, 15) is 14.0 Å². The number of benzene rings is 1. The fourth-order valence-corrected chi connectivity index (χ4v) is 1.76. The molecule has 1 aromatic carbocycles. The van der Waals surface area contributed by atoms with Crippen LogP contribution in [-0.2, 0) is 9.53 Å². The first-order valence-electron chi connectivity index (χ1n) is 6.54. The number of hydrogen-bond donors (Lipinski definition) is 1. The smallest absolute Gasteiger partial charge is 0.343 e. The van der Waals surface area contributed by atoms with Crippen LogP contribution in [0.3, 0.4) is 0 Å². The fraction of sp³-hybridized carbons (Fsp3) is 0.400. The Morgan fingerprint density at radius 1 is 1.50 bits per heavy atom. The molecule has 1 amide bonds. The van der Waals surface area contributed by atoms with Gasteiger partial charge >= 0.3 is 5.97 Å². The molecule has 0 aromatic heterocycles. The fourth-order valence-electron chi connectivity index (χ4n) is 1.52. The van der Waals surface area contributed by atoms with Crippen LogP contribution in [-0.4, -0.2) is 24.0 Å². The van der Waals surface area contributed by atoms with Gasteiger partial charge in [0.1, 0.15) is 16.9 Å². The van der Waals surface area contributed by atoms with Crippen molar-refractivity contribution in [3.05, 3.63) is 34.6 Å². The zero-order valence-electron chi connectivity index (χ0n) is 12.4. The molecule has 0 spiro atoms. The van der Waals surface area contributed by atoms with Gasteiger partial charge in [-0.3, -0.25) is 4.79 Å². The van der Waals surface area contributed by atoms with Crippen LogP contribution in [0.4, 0.5) is 4.39 Å². The van der Waals surface area contributed by atoms with E-state index in [0.29, 0.717) is 0 Å². The molecule has 0 saturated carbocycles. The zero-order valence-corrected chi connectivity index (χ0v) is 13.2. The Balaban J connectivity index is 2.69. The molecule has 0 aliphatic heterocycles. The number of halogens is 2. The molecule has 0 heterocycles. The molecule has 1 aromatic rings. The van der Waals surface area contributed by atoms with E-state index in [1.165, 1.54) is 12.1 Å². The second-order valence-corrected chi connectivity index (χ2v) is 5.60. The molecule has 0 fully saturated rings. The van der Waals surface area contributed by atoms with Crippen LogP contribution >= 0.6 is 11.6 Å². The highest BCUT2D eigenvalue weighted by molar-refractivity contribution is 6.33. The Morgan fingerprint density at radius 3 is 2.64 bits per heavy atom. The molecule has 0 aliphatic carbocycles. The molecular formula is C15H16ClFN2O3. The Morgan fingerprint density at radius 2 is 2.14 bits per heavy atom. The lowest BCUT2D eigenvalue weighted by Crippen LogP contribution is -2.50. The first-order valence-corrected chi connectivity index (χ1v) is 6.92. The second-order valence-electron chi connectivity index (χ2n) is 5.19. The second kappa shape index (κ2) is 7.23. The molecule has 5 nitrogen and oxygen atoms in total. The van der Waals surface area contributed by atoms with Crippen molar-refractivity contribution in [3.63, 3.8) is 0 Å². The van der Waals surface area contributed by atoms with E-state index in [1.807, 2.05) is 6.07 Å². The summed E-state index contributed by atoms with van der Waals surface area (Å²) in [5, 5.41) is 11.5. The Bertz CT molecular complexity index is 607. The van der Waals surface area contributed by atoms with Gasteiger partial charge in [0.05, 0.1) is 11.1 Å². The van der Waals surface area contributed by atoms with Gasteiger partial charge in [-0.15, -0.1) is 0 Å². The van der Waals surface area contributed by atoms with Gasteiger partial charge in [-0.2, -0.15) is 5.26 Å². The number of amides is 1. The summed E-state index contributed by atoms with van der Waals surface area (Å²) in [6.45, 7) is 4.47. The number of esters is 1. The summed E-state index contributed by atoms with van der Waals surface area (Å²) in [6.07, 6.45) is 0. The minimum atomic E-state index is -1.08. The topological polar surface area (TPSA) is 79.2 Å². The van der Waals surface area contributed by atoms with Crippen molar-refractivity contribution in [2.75, 3.05) is 6.61 Å². The molecule has 0 radical (unpaired) electrons. The van der Waals surface area contributed by atoms with Gasteiger partial charge in [-0.25, -0.2) is 9.18 Å². The van der Waals surface area contributed by atoms with Crippen LogP contribution in [0.5, 0.6) is 0 Å². The van der Waals surface area contributed by atoms with Crippen LogP contribution in [0, 0.1) is 23.1 Å². The molecule has 118 valence electrons. The third kappa shape index (κ3) is 4.18. The summed E-state index contributed by atoms with van der Waals surface area (Å²) >= 11 is 5.73. The molecule has 7 heteroatoms. The maximum absolute atomic E-state index is 13.5. The predicted molar refractivity (Wildman–Crippen MR) is 78.7 cm³/mol. The van der Waals surface area contributed by atoms with E-state index < -0.39 is 35.4 Å². The quantitative estimate of drug-likeness (QED) is 0.844. The third-order valence-corrected chi connectivity index (χ3v) is 3.60. The average Bonchev–Trinajstić information content (AvgIpc) is 2.44. The average molecular weight is 327 g/mol. The number of carbonyl (C=O) groups is 2. The molecule has 0 aliphatic rings. The normalized spacial score (nSPS) is 13.1. The molecular weight excluding hydrogens is 311 g/mol. The molecule has 0 bridgehead atoms. The van der Waals surface area contributed by atoms with Crippen LogP contribution in [0.1, 0.15) is 31.1 Å². The van der Waals surface area contributed by atoms with Gasteiger partial charge in [-0.05, 0) is 25.0 Å². The molecule has 0 saturated heterocycles. The molecule has 22 heavy (non-hydrogen) atoms. The minimum Gasteiger partial charge on any atom is -0.452 e. The van der Waals surface area contributed by atoms with Gasteiger partial charge in [0, 0.05) is 0 Å². The van der Waals surface area contributed by atoms with Gasteiger partial charge < -0.3 is 10.1 Å². The predicted octanol–water partition coefficient (Wildman–Crippen LogP) is 2.69. The van der Waals surface area contributed by atoms with E-state index in [4.69, 9.17) is 21.6 Å². The van der Waals surface area contributed by atoms with Crippen molar-refractivity contribution in [1.29, 1.82) is 5.26 Å². The summed E-state index contributed by atoms with van der Waals surface area (Å²) in [6, 6.07) is 5.75. The van der Waals surface area contributed by atoms with E-state index in [-0.39, 0.29) is 10.9 Å². The maximum Gasteiger partial charge on any atom is 0.343 e. The first-order chi connectivity index (χ1) is 10.2. The largest absolute Gasteiger partial charge is 0.452 e. The lowest BCUT2D eigenvalue weighted by molar-refractivity contribution is -0.125. The van der Waals surface area contributed by atoms with Crippen molar-refractivity contribution in [2.45, 2.75) is 26.3 Å². The van der Waals surface area contributed by atoms with Crippen LogP contribution in [0.25, 0.3) is 0 Å². The molecule has 1 N–H and O–H groups in total. The van der Waals surface area contributed by atoms with Crippen molar-refractivity contribution >= 4 is 23.5 Å². The van der Waals surface area contributed by atoms with E-state index in [1.54, 1.807) is 20.8 Å².